The van der Waals surface area contributed by atoms with E-state index in [1.807, 2.05) is 0 Å². The number of Topliss-reactive ketones (excluding diaryl/α,β-unsaturated/α-hetero) is 1. The van der Waals surface area contributed by atoms with Crippen molar-refractivity contribution in [3.05, 3.63) is 37.8 Å². The van der Waals surface area contributed by atoms with E-state index in [2.05, 4.69) is 15.9 Å². The normalized spacial score (nSPS) is 9.40. The molecule has 0 amide bonds. The second kappa shape index (κ2) is 4.19. The lowest BCUT2D eigenvalue weighted by Gasteiger charge is -2.01. The van der Waals surface area contributed by atoms with Gasteiger partial charge in [0.1, 0.15) is 11.6 Å². The lowest BCUT2D eigenvalue weighted by Crippen LogP contribution is -2.01. The van der Waals surface area contributed by atoms with Gasteiger partial charge in [0.2, 0.25) is 0 Å². The van der Waals surface area contributed by atoms with E-state index in [0.29, 0.717) is 4.47 Å². The number of carbonyl (C=O) groups is 1. The third-order valence-electron chi connectivity index (χ3n) is 1.77. The van der Waals surface area contributed by atoms with Gasteiger partial charge in [-0.3, -0.25) is 14.9 Å². The molecule has 5 nitrogen and oxygen atoms in total. The highest BCUT2D eigenvalue weighted by molar-refractivity contribution is 9.10. The van der Waals surface area contributed by atoms with Crippen LogP contribution in [0.15, 0.2) is 16.6 Å². The molecule has 0 N–H and O–H groups in total. The van der Waals surface area contributed by atoms with Gasteiger partial charge >= 0.3 is 0 Å². The van der Waals surface area contributed by atoms with Gasteiger partial charge in [-0.05, 0) is 13.0 Å². The van der Waals surface area contributed by atoms with Gasteiger partial charge in [-0.25, -0.2) is 0 Å². The SMILES string of the molecule is CC(=O)c1cc(Br)cc([N+](=O)[O-])c1C#N. The molecule has 0 atom stereocenters. The number of nitriles is 1. The van der Waals surface area contributed by atoms with Gasteiger partial charge in [0, 0.05) is 16.1 Å². The molecule has 0 fully saturated rings. The van der Waals surface area contributed by atoms with Crippen LogP contribution in [0.25, 0.3) is 0 Å². The number of carbonyl (C=O) groups excluding carboxylic acids is 1. The fourth-order valence-corrected chi connectivity index (χ4v) is 1.58. The largest absolute Gasteiger partial charge is 0.294 e. The first kappa shape index (κ1) is 11.3. The molecule has 0 radical (unpaired) electrons. The monoisotopic (exact) mass is 268 g/mol. The van der Waals surface area contributed by atoms with Gasteiger partial charge in [0.05, 0.1) is 4.92 Å². The number of halogens is 1. The van der Waals surface area contributed by atoms with E-state index >= 15 is 0 Å². The van der Waals surface area contributed by atoms with Crippen LogP contribution >= 0.6 is 15.9 Å². The average Bonchev–Trinajstić information content (AvgIpc) is 2.16. The summed E-state index contributed by atoms with van der Waals surface area (Å²) in [4.78, 5) is 21.1. The first-order valence-corrected chi connectivity index (χ1v) is 4.65. The predicted octanol–water partition coefficient (Wildman–Crippen LogP) is 2.43. The molecule has 1 aromatic carbocycles. The molecular formula is C9H5BrN2O3. The number of nitrogens with zero attached hydrogens (tertiary/aromatic N) is 2. The van der Waals surface area contributed by atoms with Crippen molar-refractivity contribution in [2.75, 3.05) is 0 Å². The molecule has 0 aliphatic carbocycles. The number of hydrogen-bond acceptors (Lipinski definition) is 4. The Kier molecular flexibility index (Phi) is 3.17. The summed E-state index contributed by atoms with van der Waals surface area (Å²) in [5.74, 6) is -0.379. The van der Waals surface area contributed by atoms with E-state index in [4.69, 9.17) is 5.26 Å². The van der Waals surface area contributed by atoms with Crippen molar-refractivity contribution in [1.29, 1.82) is 5.26 Å². The zero-order chi connectivity index (χ0) is 11.6. The summed E-state index contributed by atoms with van der Waals surface area (Å²) in [7, 11) is 0. The molecule has 15 heavy (non-hydrogen) atoms. The maximum atomic E-state index is 11.2. The number of ketones is 1. The Morgan fingerprint density at radius 2 is 2.20 bits per heavy atom. The van der Waals surface area contributed by atoms with Gasteiger partial charge < -0.3 is 0 Å². The number of nitro benzene ring substituents is 1. The predicted molar refractivity (Wildman–Crippen MR) is 55.5 cm³/mol. The lowest BCUT2D eigenvalue weighted by atomic mass is 10.0. The molecule has 1 rings (SSSR count). The van der Waals surface area contributed by atoms with Crippen LogP contribution in [0.1, 0.15) is 22.8 Å². The summed E-state index contributed by atoms with van der Waals surface area (Å²) in [6.45, 7) is 1.26. The van der Waals surface area contributed by atoms with Gasteiger partial charge in [-0.15, -0.1) is 0 Å². The first-order valence-electron chi connectivity index (χ1n) is 3.86. The lowest BCUT2D eigenvalue weighted by molar-refractivity contribution is -0.385. The maximum absolute atomic E-state index is 11.2. The molecule has 0 heterocycles. The molecule has 0 aromatic heterocycles. The summed E-state index contributed by atoms with van der Waals surface area (Å²) < 4.78 is 0.401. The zero-order valence-corrected chi connectivity index (χ0v) is 9.24. The minimum Gasteiger partial charge on any atom is -0.294 e. The van der Waals surface area contributed by atoms with E-state index in [0.717, 1.165) is 0 Å². The number of rotatable bonds is 2. The molecule has 0 spiro atoms. The molecule has 1 aromatic rings. The molecule has 0 aliphatic heterocycles. The molecule has 0 saturated carbocycles. The van der Waals surface area contributed by atoms with Gasteiger partial charge in [-0.1, -0.05) is 15.9 Å². The molecule has 76 valence electrons. The van der Waals surface area contributed by atoms with E-state index in [1.54, 1.807) is 6.07 Å². The quantitative estimate of drug-likeness (QED) is 0.469. The Morgan fingerprint density at radius 3 is 2.60 bits per heavy atom. The second-order valence-electron chi connectivity index (χ2n) is 2.77. The molecular weight excluding hydrogens is 264 g/mol. The highest BCUT2D eigenvalue weighted by atomic mass is 79.9. The zero-order valence-electron chi connectivity index (χ0n) is 7.65. The van der Waals surface area contributed by atoms with Crippen LogP contribution in [-0.2, 0) is 0 Å². The van der Waals surface area contributed by atoms with Crippen molar-refractivity contribution in [3.63, 3.8) is 0 Å². The fraction of sp³-hybridized carbons (Fsp3) is 0.111. The van der Waals surface area contributed by atoms with Crippen LogP contribution in [0.2, 0.25) is 0 Å². The average molecular weight is 269 g/mol. The Bertz CT molecular complexity index is 456. The maximum Gasteiger partial charge on any atom is 0.288 e. The summed E-state index contributed by atoms with van der Waals surface area (Å²) >= 11 is 3.05. The fourth-order valence-electron chi connectivity index (χ4n) is 1.13. The van der Waals surface area contributed by atoms with Crippen LogP contribution in [0.3, 0.4) is 0 Å². The van der Waals surface area contributed by atoms with Crippen molar-refractivity contribution < 1.29 is 9.72 Å². The Balaban J connectivity index is 3.62. The molecule has 6 heteroatoms. The summed E-state index contributed by atoms with van der Waals surface area (Å²) in [5, 5.41) is 19.4. The summed E-state index contributed by atoms with van der Waals surface area (Å²) in [6, 6.07) is 4.27. The van der Waals surface area contributed by atoms with E-state index in [9.17, 15) is 14.9 Å². The second-order valence-corrected chi connectivity index (χ2v) is 3.69. The molecule has 0 saturated heterocycles. The van der Waals surface area contributed by atoms with E-state index in [1.165, 1.54) is 19.1 Å². The highest BCUT2D eigenvalue weighted by Gasteiger charge is 2.20. The number of hydrogen-bond donors (Lipinski definition) is 0. The third-order valence-corrected chi connectivity index (χ3v) is 2.23. The first-order chi connectivity index (χ1) is 6.97. The Morgan fingerprint density at radius 1 is 1.60 bits per heavy atom. The van der Waals surface area contributed by atoms with Gasteiger partial charge in [0.25, 0.3) is 5.69 Å². The Hall–Kier alpha value is -1.74. The van der Waals surface area contributed by atoms with Crippen LogP contribution in [0.4, 0.5) is 5.69 Å². The minimum absolute atomic E-state index is 0.0542. The van der Waals surface area contributed by atoms with Gasteiger partial charge in [0.15, 0.2) is 5.78 Å². The summed E-state index contributed by atoms with van der Waals surface area (Å²) in [6.07, 6.45) is 0. The van der Waals surface area contributed by atoms with Crippen molar-refractivity contribution in [2.45, 2.75) is 6.92 Å². The molecule has 0 bridgehead atoms. The van der Waals surface area contributed by atoms with Crippen molar-refractivity contribution in [1.82, 2.24) is 0 Å². The van der Waals surface area contributed by atoms with Crippen molar-refractivity contribution >= 4 is 27.4 Å². The van der Waals surface area contributed by atoms with Gasteiger partial charge in [-0.2, -0.15) is 5.26 Å². The third kappa shape index (κ3) is 2.19. The van der Waals surface area contributed by atoms with Crippen LogP contribution in [-0.4, -0.2) is 10.7 Å². The standard InChI is InChI=1S/C9H5BrN2O3/c1-5(13)7-2-6(10)3-9(12(14)15)8(7)4-11/h2-3H,1H3. The van der Waals surface area contributed by atoms with Crippen LogP contribution in [0.5, 0.6) is 0 Å². The minimum atomic E-state index is -0.685. The molecule has 0 aliphatic rings. The Labute approximate surface area is 93.6 Å². The van der Waals surface area contributed by atoms with Crippen LogP contribution < -0.4 is 0 Å². The van der Waals surface area contributed by atoms with Crippen molar-refractivity contribution in [2.24, 2.45) is 0 Å². The van der Waals surface area contributed by atoms with Crippen LogP contribution in [0, 0.1) is 21.4 Å². The van der Waals surface area contributed by atoms with E-state index in [-0.39, 0.29) is 22.6 Å². The van der Waals surface area contributed by atoms with Crippen molar-refractivity contribution in [3.8, 4) is 6.07 Å². The topological polar surface area (TPSA) is 84.0 Å². The summed E-state index contributed by atoms with van der Waals surface area (Å²) in [5.41, 5.74) is -0.508. The number of benzene rings is 1. The molecule has 0 unspecified atom stereocenters. The smallest absolute Gasteiger partial charge is 0.288 e. The highest BCUT2D eigenvalue weighted by Crippen LogP contribution is 2.27. The number of nitro groups is 1. The van der Waals surface area contributed by atoms with E-state index < -0.39 is 4.92 Å².